The molecule has 0 spiro atoms. The molecule has 1 fully saturated rings. The van der Waals surface area contributed by atoms with Crippen LogP contribution in [0.25, 0.3) is 0 Å². The van der Waals surface area contributed by atoms with Crippen LogP contribution in [0, 0.1) is 6.92 Å². The smallest absolute Gasteiger partial charge is 0.221 e. The number of hydrogen-bond donors (Lipinski definition) is 1. The summed E-state index contributed by atoms with van der Waals surface area (Å²) in [6.07, 6.45) is 5.99. The number of imidazole rings is 1. The van der Waals surface area contributed by atoms with Crippen molar-refractivity contribution in [2.75, 3.05) is 23.7 Å². The summed E-state index contributed by atoms with van der Waals surface area (Å²) in [6.45, 7) is 4.04. The normalized spacial score (nSPS) is 15.2. The fraction of sp³-hybridized carbons (Fsp3) is 0.333. The van der Waals surface area contributed by atoms with Crippen molar-refractivity contribution in [1.29, 1.82) is 0 Å². The summed E-state index contributed by atoms with van der Waals surface area (Å²) in [7, 11) is 0. The number of benzene rings is 1. The fourth-order valence-electron chi connectivity index (χ4n) is 2.54. The van der Waals surface area contributed by atoms with Crippen molar-refractivity contribution in [3.63, 3.8) is 0 Å². The van der Waals surface area contributed by atoms with Crippen molar-refractivity contribution < 1.29 is 0 Å². The second-order valence-electron chi connectivity index (χ2n) is 5.23. The molecule has 0 radical (unpaired) electrons. The van der Waals surface area contributed by atoms with Gasteiger partial charge in [-0.1, -0.05) is 17.7 Å². The Morgan fingerprint density at radius 3 is 2.71 bits per heavy atom. The fourth-order valence-corrected chi connectivity index (χ4v) is 2.85. The summed E-state index contributed by atoms with van der Waals surface area (Å²) in [5, 5.41) is 5.06. The predicted molar refractivity (Wildman–Crippen MR) is 87.3 cm³/mol. The topological polar surface area (TPSA) is 59.4 Å². The largest absolute Gasteiger partial charge is 0.370 e. The lowest BCUT2D eigenvalue weighted by Crippen LogP contribution is -2.17. The Labute approximate surface area is 129 Å². The lowest BCUT2D eigenvalue weighted by Gasteiger charge is -2.19. The number of hydrogen-bond acceptors (Lipinski definition) is 4. The van der Waals surface area contributed by atoms with Gasteiger partial charge >= 0.3 is 0 Å². The number of halogens is 1. The second kappa shape index (κ2) is 5.77. The lowest BCUT2D eigenvalue weighted by atomic mass is 10.2. The number of rotatable bonds is 3. The Hall–Kier alpha value is -2.01. The van der Waals surface area contributed by atoms with E-state index in [0.29, 0.717) is 5.95 Å². The Balaban J connectivity index is 1.80. The molecule has 110 valence electrons. The number of nitrogens with two attached hydrogens (primary N) is 1. The molecular weight excluding hydrogens is 286 g/mol. The van der Waals surface area contributed by atoms with Crippen LogP contribution >= 0.6 is 11.6 Å². The van der Waals surface area contributed by atoms with Gasteiger partial charge in [-0.15, -0.1) is 0 Å². The Morgan fingerprint density at radius 2 is 2.10 bits per heavy atom. The molecule has 0 aliphatic carbocycles. The van der Waals surface area contributed by atoms with Crippen molar-refractivity contribution in [3.8, 4) is 0 Å². The van der Waals surface area contributed by atoms with E-state index in [1.807, 2.05) is 19.1 Å². The van der Waals surface area contributed by atoms with E-state index in [-0.39, 0.29) is 0 Å². The molecule has 5 nitrogen and oxygen atoms in total. The molecule has 0 atom stereocenters. The summed E-state index contributed by atoms with van der Waals surface area (Å²) < 4.78 is 1.55. The van der Waals surface area contributed by atoms with Gasteiger partial charge in [0.1, 0.15) is 0 Å². The first-order valence-electron chi connectivity index (χ1n) is 7.04. The average molecular weight is 304 g/mol. The van der Waals surface area contributed by atoms with Gasteiger partial charge in [-0.25, -0.2) is 9.66 Å². The minimum atomic E-state index is 0.378. The molecule has 2 aromatic rings. The minimum absolute atomic E-state index is 0.378. The molecule has 2 N–H and O–H groups in total. The van der Waals surface area contributed by atoms with E-state index in [1.54, 1.807) is 17.1 Å². The Kier molecular flexibility index (Phi) is 3.84. The molecule has 2 heterocycles. The zero-order valence-corrected chi connectivity index (χ0v) is 12.7. The number of anilines is 2. The third-order valence-electron chi connectivity index (χ3n) is 3.58. The zero-order chi connectivity index (χ0) is 14.8. The summed E-state index contributed by atoms with van der Waals surface area (Å²) in [4.78, 5) is 6.42. The number of aryl methyl sites for hydroxylation is 1. The van der Waals surface area contributed by atoms with Gasteiger partial charge in [0.25, 0.3) is 0 Å². The molecule has 1 aliphatic rings. The number of nitrogen functional groups attached to an aromatic ring is 1. The molecule has 1 saturated heterocycles. The van der Waals surface area contributed by atoms with Crippen molar-refractivity contribution in [2.45, 2.75) is 19.8 Å². The quantitative estimate of drug-likeness (QED) is 0.887. The Morgan fingerprint density at radius 1 is 1.33 bits per heavy atom. The molecule has 1 aromatic heterocycles. The maximum absolute atomic E-state index is 6.38. The maximum atomic E-state index is 6.38. The van der Waals surface area contributed by atoms with Crippen LogP contribution in [-0.2, 0) is 0 Å². The molecule has 0 saturated carbocycles. The van der Waals surface area contributed by atoms with E-state index in [4.69, 9.17) is 17.3 Å². The first-order chi connectivity index (χ1) is 10.1. The summed E-state index contributed by atoms with van der Waals surface area (Å²) in [5.74, 6) is 0.378. The van der Waals surface area contributed by atoms with E-state index in [2.05, 4.69) is 21.1 Å². The van der Waals surface area contributed by atoms with Gasteiger partial charge in [-0.2, -0.15) is 5.10 Å². The van der Waals surface area contributed by atoms with Gasteiger partial charge in [0, 0.05) is 13.1 Å². The molecular formula is C15H18ClN5. The zero-order valence-electron chi connectivity index (χ0n) is 12.0. The van der Waals surface area contributed by atoms with Crippen LogP contribution in [0.4, 0.5) is 11.6 Å². The highest BCUT2D eigenvalue weighted by molar-refractivity contribution is 6.33. The van der Waals surface area contributed by atoms with Crippen molar-refractivity contribution >= 4 is 29.5 Å². The van der Waals surface area contributed by atoms with Gasteiger partial charge in [0.15, 0.2) is 0 Å². The van der Waals surface area contributed by atoms with Gasteiger partial charge in [0.05, 0.1) is 28.8 Å². The van der Waals surface area contributed by atoms with Crippen LogP contribution in [0.2, 0.25) is 5.02 Å². The maximum Gasteiger partial charge on any atom is 0.221 e. The van der Waals surface area contributed by atoms with Crippen LogP contribution in [0.1, 0.15) is 24.1 Å². The predicted octanol–water partition coefficient (Wildman–Crippen LogP) is 2.91. The molecule has 0 amide bonds. The van der Waals surface area contributed by atoms with Crippen LogP contribution in [0.5, 0.6) is 0 Å². The minimum Gasteiger partial charge on any atom is -0.370 e. The summed E-state index contributed by atoms with van der Waals surface area (Å²) in [5.41, 5.74) is 8.63. The second-order valence-corrected chi connectivity index (χ2v) is 5.64. The van der Waals surface area contributed by atoms with Gasteiger partial charge in [-0.05, 0) is 37.5 Å². The molecule has 0 bridgehead atoms. The monoisotopic (exact) mass is 303 g/mol. The third kappa shape index (κ3) is 3.03. The molecule has 1 aromatic carbocycles. The SMILES string of the molecule is Cc1cn(N=Cc2ccc(N3CCCC3)c(Cl)c2)c(N)n1. The first kappa shape index (κ1) is 13.9. The van der Waals surface area contributed by atoms with E-state index < -0.39 is 0 Å². The van der Waals surface area contributed by atoms with Gasteiger partial charge < -0.3 is 10.6 Å². The Bertz CT molecular complexity index is 671. The third-order valence-corrected chi connectivity index (χ3v) is 3.89. The van der Waals surface area contributed by atoms with Crippen LogP contribution < -0.4 is 10.6 Å². The molecule has 0 unspecified atom stereocenters. The molecule has 3 rings (SSSR count). The van der Waals surface area contributed by atoms with Crippen LogP contribution in [0.3, 0.4) is 0 Å². The molecule has 21 heavy (non-hydrogen) atoms. The van der Waals surface area contributed by atoms with E-state index >= 15 is 0 Å². The molecule has 1 aliphatic heterocycles. The van der Waals surface area contributed by atoms with Crippen LogP contribution in [-0.4, -0.2) is 29.0 Å². The van der Waals surface area contributed by atoms with Crippen LogP contribution in [0.15, 0.2) is 29.5 Å². The van der Waals surface area contributed by atoms with Gasteiger partial charge in [0.2, 0.25) is 5.95 Å². The highest BCUT2D eigenvalue weighted by atomic mass is 35.5. The lowest BCUT2D eigenvalue weighted by molar-refractivity contribution is 0.897. The number of nitrogens with zero attached hydrogens (tertiary/aromatic N) is 4. The average Bonchev–Trinajstić information content (AvgIpc) is 3.06. The van der Waals surface area contributed by atoms with Crippen molar-refractivity contribution in [1.82, 2.24) is 9.66 Å². The first-order valence-corrected chi connectivity index (χ1v) is 7.41. The summed E-state index contributed by atoms with van der Waals surface area (Å²) in [6, 6.07) is 6.00. The van der Waals surface area contributed by atoms with E-state index in [9.17, 15) is 0 Å². The summed E-state index contributed by atoms with van der Waals surface area (Å²) >= 11 is 6.38. The van der Waals surface area contributed by atoms with Crippen molar-refractivity contribution in [2.24, 2.45) is 5.10 Å². The van der Waals surface area contributed by atoms with E-state index in [0.717, 1.165) is 35.1 Å². The standard InChI is InChI=1S/C15H18ClN5/c1-11-10-21(15(17)19-11)18-9-12-4-5-14(13(16)8-12)20-6-2-3-7-20/h4-5,8-10H,2-3,6-7H2,1H3,(H2,17,19). The van der Waals surface area contributed by atoms with E-state index in [1.165, 1.54) is 12.8 Å². The molecule has 6 heteroatoms. The van der Waals surface area contributed by atoms with Gasteiger partial charge in [-0.3, -0.25) is 0 Å². The highest BCUT2D eigenvalue weighted by Gasteiger charge is 2.14. The highest BCUT2D eigenvalue weighted by Crippen LogP contribution is 2.29. The number of aromatic nitrogens is 2. The van der Waals surface area contributed by atoms with Crippen molar-refractivity contribution in [3.05, 3.63) is 40.7 Å².